The molecule has 0 aliphatic carbocycles. The quantitative estimate of drug-likeness (QED) is 0.267. The summed E-state index contributed by atoms with van der Waals surface area (Å²) in [5, 5.41) is 25.1. The molecular formula is C18H18Br3N3O6. The second-order valence-electron chi connectivity index (χ2n) is 4.78. The molecule has 0 saturated heterocycles. The summed E-state index contributed by atoms with van der Waals surface area (Å²) in [5.74, 6) is -2.70. The number of aromatic nitrogens is 3. The predicted octanol–water partition coefficient (Wildman–Crippen LogP) is -8.39. The van der Waals surface area contributed by atoms with Crippen LogP contribution in [0, 0.1) is 0 Å². The number of carbonyl (C=O) groups is 3. The second kappa shape index (κ2) is 18.3. The van der Waals surface area contributed by atoms with Crippen molar-refractivity contribution in [2.75, 3.05) is 0 Å². The van der Waals surface area contributed by atoms with E-state index in [9.17, 15) is 14.4 Å². The van der Waals surface area contributed by atoms with Gasteiger partial charge in [0.2, 0.25) is 0 Å². The highest BCUT2D eigenvalue weighted by Crippen LogP contribution is 1.92. The van der Waals surface area contributed by atoms with Gasteiger partial charge in [-0.25, -0.2) is 29.3 Å². The van der Waals surface area contributed by atoms with E-state index in [0.29, 0.717) is 16.7 Å². The first kappa shape index (κ1) is 32.0. The smallest absolute Gasteiger partial charge is 0.336 e. The van der Waals surface area contributed by atoms with Crippen LogP contribution in [-0.4, -0.2) is 33.2 Å². The fraction of sp³-hybridized carbons (Fsp3) is 0. The molecule has 0 bridgehead atoms. The molecule has 0 unspecified atom stereocenters. The third-order valence-electron chi connectivity index (χ3n) is 2.90. The number of hydrogen-bond donors (Lipinski definition) is 3. The van der Waals surface area contributed by atoms with Gasteiger partial charge in [-0.3, -0.25) is 0 Å². The van der Waals surface area contributed by atoms with E-state index in [1.807, 2.05) is 0 Å². The Kier molecular flexibility index (Phi) is 19.5. The molecule has 0 saturated carbocycles. The zero-order chi connectivity index (χ0) is 20.1. The van der Waals surface area contributed by atoms with Crippen LogP contribution in [0.15, 0.2) is 73.6 Å². The Morgan fingerprint density at radius 1 is 0.467 bits per heavy atom. The van der Waals surface area contributed by atoms with Crippen LogP contribution < -0.4 is 65.9 Å². The summed E-state index contributed by atoms with van der Waals surface area (Å²) in [6, 6.07) is 9.01. The molecule has 0 fully saturated rings. The number of carboxylic acids is 3. The van der Waals surface area contributed by atoms with E-state index in [0.717, 1.165) is 0 Å². The van der Waals surface area contributed by atoms with E-state index in [4.69, 9.17) is 15.3 Å². The topological polar surface area (TPSA) is 154 Å². The average Bonchev–Trinajstić information content (AvgIpc) is 2.71. The molecule has 30 heavy (non-hydrogen) atoms. The summed E-state index contributed by atoms with van der Waals surface area (Å²) < 4.78 is 0. The minimum Gasteiger partial charge on any atom is -1.00 e. The fourth-order valence-corrected chi connectivity index (χ4v) is 1.59. The highest BCUT2D eigenvalue weighted by atomic mass is 79.9. The largest absolute Gasteiger partial charge is 1.00 e. The number of H-pyrrole nitrogens is 3. The number of hydrogen-bond acceptors (Lipinski definition) is 3. The van der Waals surface area contributed by atoms with Gasteiger partial charge in [0, 0.05) is 36.4 Å². The van der Waals surface area contributed by atoms with Crippen molar-refractivity contribution in [2.24, 2.45) is 0 Å². The van der Waals surface area contributed by atoms with Crippen molar-refractivity contribution < 1.29 is 95.6 Å². The lowest BCUT2D eigenvalue weighted by molar-refractivity contribution is -0.378. The molecule has 162 valence electrons. The number of pyridine rings is 3. The molecule has 0 aliphatic heterocycles. The molecule has 12 heteroatoms. The molecule has 0 spiro atoms. The summed E-state index contributed by atoms with van der Waals surface area (Å²) in [5.41, 5.74) is 0.899. The Morgan fingerprint density at radius 3 is 0.733 bits per heavy atom. The lowest BCUT2D eigenvalue weighted by Crippen LogP contribution is -3.00. The van der Waals surface area contributed by atoms with Gasteiger partial charge < -0.3 is 66.3 Å². The summed E-state index contributed by atoms with van der Waals surface area (Å²) in [6.45, 7) is 0. The maximum atomic E-state index is 10.2. The lowest BCUT2D eigenvalue weighted by Gasteiger charge is -1.84. The molecule has 3 aromatic heterocycles. The van der Waals surface area contributed by atoms with E-state index < -0.39 is 17.9 Å². The minimum absolute atomic E-state index is 0. The van der Waals surface area contributed by atoms with Crippen LogP contribution in [0.2, 0.25) is 0 Å². The number of carboxylic acid groups (broad SMARTS) is 3. The number of halogens is 3. The van der Waals surface area contributed by atoms with Gasteiger partial charge in [-0.15, -0.1) is 0 Å². The van der Waals surface area contributed by atoms with Crippen molar-refractivity contribution in [3.63, 3.8) is 0 Å². The highest BCUT2D eigenvalue weighted by molar-refractivity contribution is 5.87. The monoisotopic (exact) mass is 609 g/mol. The summed E-state index contributed by atoms with van der Waals surface area (Å²) >= 11 is 0. The van der Waals surface area contributed by atoms with Crippen molar-refractivity contribution in [3.8, 4) is 0 Å². The standard InChI is InChI=1S/3C6H5NO2.3BrH/c3*8-6(9)5-1-3-7-4-2-5;;;/h3*1-4H,(H,8,9);3*1H. The van der Waals surface area contributed by atoms with Crippen LogP contribution in [0.3, 0.4) is 0 Å². The minimum atomic E-state index is -0.899. The second-order valence-corrected chi connectivity index (χ2v) is 4.78. The van der Waals surface area contributed by atoms with Crippen molar-refractivity contribution >= 4 is 17.9 Å². The third kappa shape index (κ3) is 13.5. The Labute approximate surface area is 203 Å². The van der Waals surface area contributed by atoms with Gasteiger partial charge in [-0.1, -0.05) is 0 Å². The van der Waals surface area contributed by atoms with Crippen LogP contribution in [0.25, 0.3) is 0 Å². The van der Waals surface area contributed by atoms with E-state index in [1.54, 1.807) is 37.2 Å². The van der Waals surface area contributed by atoms with Gasteiger partial charge in [0.15, 0.2) is 37.2 Å². The molecule has 3 heterocycles. The zero-order valence-electron chi connectivity index (χ0n) is 15.1. The number of rotatable bonds is 3. The molecule has 0 atom stereocenters. The molecule has 3 rings (SSSR count). The van der Waals surface area contributed by atoms with Gasteiger partial charge >= 0.3 is 17.9 Å². The summed E-state index contributed by atoms with van der Waals surface area (Å²) in [4.78, 5) is 38.7. The Bertz CT molecular complexity index is 754. The van der Waals surface area contributed by atoms with Crippen LogP contribution in [-0.2, 0) is 0 Å². The SMILES string of the molecule is O=C(O)c1cc[nH+]cc1.O=C(O)c1cc[nH+]cc1.O=C(O)c1cc[nH+]cc1.[Br-].[Br-].[Br-]. The maximum absolute atomic E-state index is 10.2. The van der Waals surface area contributed by atoms with Gasteiger partial charge in [0.25, 0.3) is 0 Å². The Balaban J connectivity index is -0.000000347. The van der Waals surface area contributed by atoms with Gasteiger partial charge in [-0.05, 0) is 0 Å². The number of aromatic carboxylic acids is 3. The number of aromatic amines is 3. The fourth-order valence-electron chi connectivity index (χ4n) is 1.59. The molecule has 6 N–H and O–H groups in total. The van der Waals surface area contributed by atoms with Gasteiger partial charge in [-0.2, -0.15) is 0 Å². The lowest BCUT2D eigenvalue weighted by atomic mass is 10.3. The van der Waals surface area contributed by atoms with E-state index in [1.165, 1.54) is 36.4 Å². The van der Waals surface area contributed by atoms with Gasteiger partial charge in [0.1, 0.15) is 0 Å². The predicted molar refractivity (Wildman–Crippen MR) is 89.9 cm³/mol. The van der Waals surface area contributed by atoms with E-state index in [-0.39, 0.29) is 50.9 Å². The molecule has 0 radical (unpaired) electrons. The molecule has 0 aromatic carbocycles. The Morgan fingerprint density at radius 2 is 0.633 bits per heavy atom. The Hall–Kier alpha value is -2.70. The average molecular weight is 612 g/mol. The summed E-state index contributed by atoms with van der Waals surface area (Å²) in [7, 11) is 0. The first-order chi connectivity index (χ1) is 12.9. The van der Waals surface area contributed by atoms with Crippen molar-refractivity contribution in [1.82, 2.24) is 0 Å². The molecule has 9 nitrogen and oxygen atoms in total. The van der Waals surface area contributed by atoms with Crippen molar-refractivity contribution in [3.05, 3.63) is 90.3 Å². The van der Waals surface area contributed by atoms with Crippen molar-refractivity contribution in [1.29, 1.82) is 0 Å². The van der Waals surface area contributed by atoms with Gasteiger partial charge in [0.05, 0.1) is 16.7 Å². The molecule has 0 aliphatic rings. The normalized spacial score (nSPS) is 8.00. The maximum Gasteiger partial charge on any atom is 0.336 e. The first-order valence-electron chi connectivity index (χ1n) is 7.50. The van der Waals surface area contributed by atoms with Crippen LogP contribution in [0.5, 0.6) is 0 Å². The van der Waals surface area contributed by atoms with E-state index in [2.05, 4.69) is 15.0 Å². The third-order valence-corrected chi connectivity index (χ3v) is 2.90. The molecular weight excluding hydrogens is 594 g/mol. The summed E-state index contributed by atoms with van der Waals surface area (Å²) in [6.07, 6.45) is 9.44. The van der Waals surface area contributed by atoms with Crippen molar-refractivity contribution in [2.45, 2.75) is 0 Å². The number of nitrogens with one attached hydrogen (secondary N) is 3. The highest BCUT2D eigenvalue weighted by Gasteiger charge is 2.01. The molecule has 3 aromatic rings. The van der Waals surface area contributed by atoms with Crippen LogP contribution in [0.1, 0.15) is 31.1 Å². The zero-order valence-corrected chi connectivity index (χ0v) is 19.9. The van der Waals surface area contributed by atoms with Crippen LogP contribution >= 0.6 is 0 Å². The van der Waals surface area contributed by atoms with E-state index >= 15 is 0 Å². The first-order valence-corrected chi connectivity index (χ1v) is 7.50. The molecule has 0 amide bonds. The van der Waals surface area contributed by atoms with Crippen LogP contribution in [0.4, 0.5) is 0 Å².